The average molecular weight is 267 g/mol. The van der Waals surface area contributed by atoms with E-state index in [1.165, 1.54) is 0 Å². The van der Waals surface area contributed by atoms with Gasteiger partial charge in [0.1, 0.15) is 12.1 Å². The third-order valence-corrected chi connectivity index (χ3v) is 4.83. The van der Waals surface area contributed by atoms with E-state index >= 15 is 0 Å². The number of hydrogen-bond donors (Lipinski definition) is 1. The summed E-state index contributed by atoms with van der Waals surface area (Å²) in [6, 6.07) is -0.503. The second kappa shape index (κ2) is 5.12. The van der Waals surface area contributed by atoms with Gasteiger partial charge in [0.15, 0.2) is 0 Å². The molecule has 3 fully saturated rings. The number of amides is 1. The van der Waals surface area contributed by atoms with E-state index in [9.17, 15) is 14.7 Å². The normalized spacial score (nSPS) is 38.2. The molecule has 19 heavy (non-hydrogen) atoms. The highest BCUT2D eigenvalue weighted by Crippen LogP contribution is 2.40. The van der Waals surface area contributed by atoms with Gasteiger partial charge in [-0.3, -0.25) is 4.79 Å². The molecular formula is C14H21NO4. The van der Waals surface area contributed by atoms with Crippen LogP contribution in [0.1, 0.15) is 44.9 Å². The van der Waals surface area contributed by atoms with Crippen LogP contribution in [-0.2, 0) is 14.3 Å². The Labute approximate surface area is 112 Å². The van der Waals surface area contributed by atoms with Crippen molar-refractivity contribution in [2.75, 3.05) is 6.61 Å². The van der Waals surface area contributed by atoms with Crippen LogP contribution in [0.4, 0.5) is 0 Å². The summed E-state index contributed by atoms with van der Waals surface area (Å²) >= 11 is 0. The zero-order chi connectivity index (χ0) is 13.4. The molecule has 5 nitrogen and oxygen atoms in total. The Morgan fingerprint density at radius 1 is 1.11 bits per heavy atom. The molecule has 3 aliphatic rings. The van der Waals surface area contributed by atoms with Gasteiger partial charge >= 0.3 is 5.97 Å². The molecule has 1 aliphatic carbocycles. The van der Waals surface area contributed by atoms with Crippen molar-refractivity contribution in [2.45, 2.75) is 63.1 Å². The molecule has 3 unspecified atom stereocenters. The monoisotopic (exact) mass is 267 g/mol. The van der Waals surface area contributed by atoms with E-state index in [4.69, 9.17) is 4.74 Å². The van der Waals surface area contributed by atoms with Gasteiger partial charge in [-0.2, -0.15) is 0 Å². The molecular weight excluding hydrogens is 246 g/mol. The molecule has 0 bridgehead atoms. The van der Waals surface area contributed by atoms with Gasteiger partial charge in [0.05, 0.1) is 0 Å². The number of nitrogens with zero attached hydrogens (tertiary/aromatic N) is 1. The smallest absolute Gasteiger partial charge is 0.326 e. The van der Waals surface area contributed by atoms with Gasteiger partial charge in [0, 0.05) is 12.6 Å². The van der Waals surface area contributed by atoms with Gasteiger partial charge in [-0.1, -0.05) is 12.8 Å². The lowest BCUT2D eigenvalue weighted by Crippen LogP contribution is -2.50. The fourth-order valence-electron chi connectivity index (χ4n) is 3.94. The first kappa shape index (κ1) is 12.9. The van der Waals surface area contributed by atoms with Crippen molar-refractivity contribution in [3.8, 4) is 0 Å². The van der Waals surface area contributed by atoms with Crippen LogP contribution in [0.2, 0.25) is 0 Å². The van der Waals surface area contributed by atoms with Crippen molar-refractivity contribution in [2.24, 2.45) is 5.92 Å². The topological polar surface area (TPSA) is 66.8 Å². The lowest BCUT2D eigenvalue weighted by atomic mass is 9.84. The molecule has 1 N–H and O–H groups in total. The van der Waals surface area contributed by atoms with E-state index in [-0.39, 0.29) is 11.9 Å². The maximum atomic E-state index is 12.6. The Kier molecular flexibility index (Phi) is 3.48. The van der Waals surface area contributed by atoms with Crippen LogP contribution in [-0.4, -0.2) is 46.7 Å². The zero-order valence-electron chi connectivity index (χ0n) is 11.1. The number of carbonyl (C=O) groups is 2. The maximum absolute atomic E-state index is 12.6. The first-order chi connectivity index (χ1) is 9.18. The summed E-state index contributed by atoms with van der Waals surface area (Å²) in [6.45, 7) is 0.621. The van der Waals surface area contributed by atoms with E-state index in [1.54, 1.807) is 4.90 Å². The highest BCUT2D eigenvalue weighted by Gasteiger charge is 2.49. The van der Waals surface area contributed by atoms with Gasteiger partial charge in [0.2, 0.25) is 0 Å². The predicted molar refractivity (Wildman–Crippen MR) is 67.6 cm³/mol. The fourth-order valence-corrected chi connectivity index (χ4v) is 3.94. The Morgan fingerprint density at radius 2 is 1.89 bits per heavy atom. The number of hydrogen-bond acceptors (Lipinski definition) is 3. The van der Waals surface area contributed by atoms with Crippen LogP contribution in [0.15, 0.2) is 0 Å². The highest BCUT2D eigenvalue weighted by molar-refractivity contribution is 5.87. The summed E-state index contributed by atoms with van der Waals surface area (Å²) in [6.07, 6.45) is 6.13. The van der Waals surface area contributed by atoms with Crippen molar-refractivity contribution in [1.29, 1.82) is 0 Å². The van der Waals surface area contributed by atoms with Gasteiger partial charge in [-0.25, -0.2) is 4.79 Å². The fraction of sp³-hybridized carbons (Fsp3) is 0.857. The summed E-state index contributed by atoms with van der Waals surface area (Å²) in [4.78, 5) is 25.6. The van der Waals surface area contributed by atoms with Crippen LogP contribution >= 0.6 is 0 Å². The van der Waals surface area contributed by atoms with E-state index in [2.05, 4.69) is 0 Å². The molecule has 1 amide bonds. The Morgan fingerprint density at radius 3 is 2.58 bits per heavy atom. The van der Waals surface area contributed by atoms with Gasteiger partial charge in [-0.15, -0.1) is 0 Å². The Balaban J connectivity index is 1.81. The SMILES string of the molecule is O=C(O)C1CC2CCCCC2N1C(=O)[C@H]1CCCO1. The lowest BCUT2D eigenvalue weighted by molar-refractivity contribution is -0.154. The standard InChI is InChI=1S/C14H21NO4/c16-13(12-6-3-7-19-12)15-10-5-2-1-4-9(10)8-11(15)14(17)18/h9-12H,1-8H2,(H,17,18)/t9?,10?,11?,12-/m1/s1. The number of likely N-dealkylation sites (tertiary alicyclic amines) is 1. The third kappa shape index (κ3) is 2.24. The molecule has 0 aromatic rings. The number of carboxylic acid groups (broad SMARTS) is 1. The molecule has 2 saturated heterocycles. The molecule has 2 heterocycles. The zero-order valence-corrected chi connectivity index (χ0v) is 11.1. The third-order valence-electron chi connectivity index (χ3n) is 4.83. The molecule has 0 aromatic carbocycles. The van der Waals surface area contributed by atoms with E-state index in [1.807, 2.05) is 0 Å². The Bertz CT molecular complexity index is 378. The molecule has 0 radical (unpaired) electrons. The summed E-state index contributed by atoms with van der Waals surface area (Å²) in [5, 5.41) is 9.39. The summed E-state index contributed by atoms with van der Waals surface area (Å²) < 4.78 is 5.45. The Hall–Kier alpha value is -1.10. The van der Waals surface area contributed by atoms with Crippen molar-refractivity contribution < 1.29 is 19.4 Å². The first-order valence-electron chi connectivity index (χ1n) is 7.35. The lowest BCUT2D eigenvalue weighted by Gasteiger charge is -2.34. The molecule has 3 rings (SSSR count). The van der Waals surface area contributed by atoms with Crippen LogP contribution < -0.4 is 0 Å². The minimum Gasteiger partial charge on any atom is -0.480 e. The maximum Gasteiger partial charge on any atom is 0.326 e. The van der Waals surface area contributed by atoms with E-state index < -0.39 is 18.1 Å². The number of ether oxygens (including phenoxy) is 1. The van der Waals surface area contributed by atoms with Crippen LogP contribution in [0.5, 0.6) is 0 Å². The largest absolute Gasteiger partial charge is 0.480 e. The second-order valence-corrected chi connectivity index (χ2v) is 5.95. The molecule has 5 heteroatoms. The minimum atomic E-state index is -0.860. The molecule has 1 saturated carbocycles. The molecule has 4 atom stereocenters. The van der Waals surface area contributed by atoms with Gasteiger partial charge < -0.3 is 14.7 Å². The number of carboxylic acids is 1. The molecule has 106 valence electrons. The van der Waals surface area contributed by atoms with Crippen LogP contribution in [0.3, 0.4) is 0 Å². The number of aliphatic carboxylic acids is 1. The van der Waals surface area contributed by atoms with Crippen molar-refractivity contribution in [3.05, 3.63) is 0 Å². The number of fused-ring (bicyclic) bond motifs is 1. The minimum absolute atomic E-state index is 0.0840. The quantitative estimate of drug-likeness (QED) is 0.821. The average Bonchev–Trinajstić information content (AvgIpc) is 3.05. The van der Waals surface area contributed by atoms with Gasteiger partial charge in [0.25, 0.3) is 5.91 Å². The highest BCUT2D eigenvalue weighted by atomic mass is 16.5. The summed E-state index contributed by atoms with van der Waals surface area (Å²) in [5.41, 5.74) is 0. The van der Waals surface area contributed by atoms with Crippen molar-refractivity contribution in [1.82, 2.24) is 4.90 Å². The van der Waals surface area contributed by atoms with Gasteiger partial charge in [-0.05, 0) is 38.0 Å². The van der Waals surface area contributed by atoms with E-state index in [0.29, 0.717) is 18.9 Å². The van der Waals surface area contributed by atoms with E-state index in [0.717, 1.165) is 38.5 Å². The van der Waals surface area contributed by atoms with Crippen molar-refractivity contribution in [3.63, 3.8) is 0 Å². The number of rotatable bonds is 2. The van der Waals surface area contributed by atoms with Crippen molar-refractivity contribution >= 4 is 11.9 Å². The first-order valence-corrected chi connectivity index (χ1v) is 7.35. The molecule has 2 aliphatic heterocycles. The summed E-state index contributed by atoms with van der Waals surface area (Å²) in [7, 11) is 0. The van der Waals surface area contributed by atoms with Crippen LogP contribution in [0, 0.1) is 5.92 Å². The van der Waals surface area contributed by atoms with Crippen LogP contribution in [0.25, 0.3) is 0 Å². The predicted octanol–water partition coefficient (Wildman–Crippen LogP) is 1.41. The molecule has 0 spiro atoms. The second-order valence-electron chi connectivity index (χ2n) is 5.95. The summed E-state index contributed by atoms with van der Waals surface area (Å²) in [5.74, 6) is -0.569. The molecule has 0 aromatic heterocycles. The number of carbonyl (C=O) groups excluding carboxylic acids is 1.